The Hall–Kier alpha value is -0.770. The van der Waals surface area contributed by atoms with Crippen LogP contribution in [-0.2, 0) is 19.0 Å². The highest BCUT2D eigenvalue weighted by atomic mass is 19.4. The largest absolute Gasteiger partial charge is 0.523 e. The van der Waals surface area contributed by atoms with E-state index in [0.29, 0.717) is 31.8 Å². The molecule has 1 spiro atoms. The maximum atomic E-state index is 16.9. The van der Waals surface area contributed by atoms with Crippen LogP contribution in [0.25, 0.3) is 0 Å². The number of rotatable bonds is 1. The summed E-state index contributed by atoms with van der Waals surface area (Å²) in [7, 11) is 0. The van der Waals surface area contributed by atoms with E-state index >= 15 is 4.39 Å². The molecule has 2 aliphatic heterocycles. The average molecular weight is 533 g/mol. The summed E-state index contributed by atoms with van der Waals surface area (Å²) in [4.78, 5) is 12.3. The highest BCUT2D eigenvalue weighted by Gasteiger charge is 2.80. The molecule has 5 nitrogen and oxygen atoms in total. The fraction of sp³-hybridized carbons (Fsp3) is 0.964. The van der Waals surface area contributed by atoms with Crippen LogP contribution >= 0.6 is 0 Å². The van der Waals surface area contributed by atoms with Crippen molar-refractivity contribution in [3.8, 4) is 0 Å². The van der Waals surface area contributed by atoms with E-state index in [0.717, 1.165) is 12.8 Å². The van der Waals surface area contributed by atoms with Gasteiger partial charge in [0.1, 0.15) is 11.4 Å². The lowest BCUT2D eigenvalue weighted by Crippen LogP contribution is -2.76. The smallest absolute Gasteiger partial charge is 0.389 e. The summed E-state index contributed by atoms with van der Waals surface area (Å²) in [6.45, 7) is 8.26. The average Bonchev–Trinajstić information content (AvgIpc) is 3.26. The number of aliphatic hydroxyl groups is 1. The first kappa shape index (κ1) is 26.5. The second-order valence-corrected chi connectivity index (χ2v) is 13.7. The number of fused-ring (bicyclic) bond motifs is 7. The van der Waals surface area contributed by atoms with Crippen molar-refractivity contribution < 1.29 is 41.7 Å². The lowest BCUT2D eigenvalue weighted by Gasteiger charge is -2.68. The molecule has 5 unspecified atom stereocenters. The minimum Gasteiger partial charge on any atom is -0.389 e. The molecular formula is C28H40F4O5. The Bertz CT molecular complexity index is 949. The molecular weight excluding hydrogens is 492 g/mol. The first-order valence-electron chi connectivity index (χ1n) is 14.1. The molecule has 0 aromatic heterocycles. The Morgan fingerprint density at radius 1 is 1.08 bits per heavy atom. The Kier molecular flexibility index (Phi) is 5.82. The van der Waals surface area contributed by atoms with Crippen LogP contribution in [0.15, 0.2) is 0 Å². The standard InChI is InChI=1S/C28H40F4O5/c1-14-7-10-26(35-13-14)15(2)21-20(36-26)12-19-18-6-5-16-11-17(33)8-9-24(16,3)27(18,37-28(30,31)32)22(29)23(34)25(19,21)4/h14-16,18-23,34H,5-13H2,1-4H3/t14-,15+,16?,18?,19?,20?,21?,22-,23-,24+,25+,26-,27+/m1/s1. The highest BCUT2D eigenvalue weighted by Crippen LogP contribution is 2.74. The van der Waals surface area contributed by atoms with Crippen LogP contribution in [0.2, 0.25) is 0 Å². The number of ether oxygens (including phenoxy) is 3. The first-order chi connectivity index (χ1) is 17.2. The highest BCUT2D eigenvalue weighted by molar-refractivity contribution is 5.79. The van der Waals surface area contributed by atoms with Crippen LogP contribution in [0, 0.1) is 46.3 Å². The summed E-state index contributed by atoms with van der Waals surface area (Å²) in [6.07, 6.45) is -5.89. The number of hydrogen-bond acceptors (Lipinski definition) is 5. The van der Waals surface area contributed by atoms with Crippen LogP contribution in [-0.4, -0.2) is 53.6 Å². The molecule has 4 aliphatic carbocycles. The number of aliphatic hydroxyl groups excluding tert-OH is 1. The fourth-order valence-corrected chi connectivity index (χ4v) is 10.4. The first-order valence-corrected chi connectivity index (χ1v) is 14.1. The number of hydrogen-bond donors (Lipinski definition) is 1. The minimum absolute atomic E-state index is 0.00408. The van der Waals surface area contributed by atoms with Gasteiger partial charge in [-0.15, -0.1) is 13.2 Å². The number of ketones is 1. The van der Waals surface area contributed by atoms with Crippen molar-refractivity contribution >= 4 is 5.78 Å². The summed E-state index contributed by atoms with van der Waals surface area (Å²) >= 11 is 0. The zero-order valence-corrected chi connectivity index (χ0v) is 22.2. The topological polar surface area (TPSA) is 65.0 Å². The van der Waals surface area contributed by atoms with Gasteiger partial charge >= 0.3 is 6.36 Å². The van der Waals surface area contributed by atoms with Gasteiger partial charge in [0.2, 0.25) is 0 Å². The van der Waals surface area contributed by atoms with E-state index in [1.54, 1.807) is 6.92 Å². The van der Waals surface area contributed by atoms with Crippen molar-refractivity contribution in [2.75, 3.05) is 6.61 Å². The molecule has 9 heteroatoms. The van der Waals surface area contributed by atoms with E-state index < -0.39 is 58.6 Å². The van der Waals surface area contributed by atoms with Crippen LogP contribution in [0.1, 0.15) is 79.1 Å². The van der Waals surface area contributed by atoms with Crippen molar-refractivity contribution in [1.29, 1.82) is 0 Å². The molecule has 37 heavy (non-hydrogen) atoms. The van der Waals surface area contributed by atoms with Gasteiger partial charge in [-0.2, -0.15) is 0 Å². The van der Waals surface area contributed by atoms with Gasteiger partial charge in [0.25, 0.3) is 0 Å². The van der Waals surface area contributed by atoms with Crippen LogP contribution in [0.5, 0.6) is 0 Å². The van der Waals surface area contributed by atoms with Crippen molar-refractivity contribution in [1.82, 2.24) is 0 Å². The normalized spacial score (nSPS) is 57.5. The van der Waals surface area contributed by atoms with Gasteiger partial charge in [0.15, 0.2) is 12.0 Å². The molecule has 210 valence electrons. The van der Waals surface area contributed by atoms with Gasteiger partial charge in [-0.1, -0.05) is 27.7 Å². The molecule has 0 radical (unpaired) electrons. The summed E-state index contributed by atoms with van der Waals surface area (Å²) in [5.74, 6) is -2.27. The number of Topliss-reactive ketones (excluding diaryl/α,β-unsaturated/α-hetero) is 1. The predicted molar refractivity (Wildman–Crippen MR) is 125 cm³/mol. The lowest BCUT2D eigenvalue weighted by atomic mass is 9.41. The van der Waals surface area contributed by atoms with Gasteiger partial charge in [-0.25, -0.2) is 4.39 Å². The van der Waals surface area contributed by atoms with Gasteiger partial charge < -0.3 is 14.6 Å². The Balaban J connectivity index is 1.43. The van der Waals surface area contributed by atoms with Gasteiger partial charge in [0.05, 0.1) is 18.8 Å². The summed E-state index contributed by atoms with van der Waals surface area (Å²) in [5.41, 5.74) is -4.43. The molecule has 0 bridgehead atoms. The predicted octanol–water partition coefficient (Wildman–Crippen LogP) is 5.58. The third kappa shape index (κ3) is 3.32. The van der Waals surface area contributed by atoms with Crippen molar-refractivity contribution in [3.05, 3.63) is 0 Å². The SMILES string of the molecule is C[C@@H]1CC[C@@]2(OC1)OC1CC3C4CCC5CC(=O)CC[C@]5(C)[C@@]4(OC(F)(F)F)[C@H](F)[C@@H](O)[C@]3(C)C1[C@@H]2C. The summed E-state index contributed by atoms with van der Waals surface area (Å²) in [5, 5.41) is 11.8. The molecule has 0 amide bonds. The third-order valence-electron chi connectivity index (χ3n) is 12.2. The van der Waals surface area contributed by atoms with Gasteiger partial charge in [0, 0.05) is 41.9 Å². The third-order valence-corrected chi connectivity index (χ3v) is 12.2. The Morgan fingerprint density at radius 3 is 2.46 bits per heavy atom. The fourth-order valence-electron chi connectivity index (χ4n) is 10.4. The Labute approximate surface area is 216 Å². The number of halogens is 4. The van der Waals surface area contributed by atoms with E-state index in [4.69, 9.17) is 14.2 Å². The summed E-state index contributed by atoms with van der Waals surface area (Å²) in [6, 6.07) is 0. The maximum absolute atomic E-state index is 16.9. The van der Waals surface area contributed by atoms with Crippen molar-refractivity contribution in [2.45, 2.75) is 115 Å². The van der Waals surface area contributed by atoms with E-state index in [1.165, 1.54) is 0 Å². The maximum Gasteiger partial charge on any atom is 0.523 e. The number of alkyl halides is 4. The molecule has 4 saturated carbocycles. The minimum atomic E-state index is -5.07. The molecule has 6 rings (SSSR count). The van der Waals surface area contributed by atoms with Gasteiger partial charge in [-0.3, -0.25) is 9.53 Å². The molecule has 6 fully saturated rings. The molecule has 0 aromatic carbocycles. The monoisotopic (exact) mass is 532 g/mol. The molecule has 13 atom stereocenters. The van der Waals surface area contributed by atoms with E-state index in [1.807, 2.05) is 13.8 Å². The van der Waals surface area contributed by atoms with Crippen LogP contribution in [0.4, 0.5) is 17.6 Å². The molecule has 2 saturated heterocycles. The quantitative estimate of drug-likeness (QED) is 0.447. The van der Waals surface area contributed by atoms with Gasteiger partial charge in [-0.05, 0) is 55.8 Å². The second-order valence-electron chi connectivity index (χ2n) is 13.7. The zero-order valence-electron chi connectivity index (χ0n) is 22.2. The molecule has 6 aliphatic rings. The van der Waals surface area contributed by atoms with Crippen LogP contribution < -0.4 is 0 Å². The van der Waals surface area contributed by atoms with E-state index in [-0.39, 0.29) is 43.0 Å². The zero-order chi connectivity index (χ0) is 26.8. The van der Waals surface area contributed by atoms with E-state index in [9.17, 15) is 23.1 Å². The molecule has 0 aromatic rings. The molecule has 2 heterocycles. The molecule has 1 N–H and O–H groups in total. The number of carbonyl (C=O) groups excluding carboxylic acids is 1. The Morgan fingerprint density at radius 2 is 1.81 bits per heavy atom. The van der Waals surface area contributed by atoms with Crippen molar-refractivity contribution in [3.63, 3.8) is 0 Å². The van der Waals surface area contributed by atoms with E-state index in [2.05, 4.69) is 6.92 Å². The summed E-state index contributed by atoms with van der Waals surface area (Å²) < 4.78 is 77.2. The second kappa shape index (κ2) is 8.14. The number of carbonyl (C=O) groups is 1. The lowest BCUT2D eigenvalue weighted by molar-refractivity contribution is -0.434. The van der Waals surface area contributed by atoms with Crippen LogP contribution in [0.3, 0.4) is 0 Å². The van der Waals surface area contributed by atoms with Crippen molar-refractivity contribution in [2.24, 2.45) is 46.3 Å².